The van der Waals surface area contributed by atoms with Crippen molar-refractivity contribution < 1.29 is 16.8 Å². The van der Waals surface area contributed by atoms with Crippen LogP contribution in [0.15, 0.2) is 23.1 Å². The maximum absolute atomic E-state index is 11.8. The summed E-state index contributed by atoms with van der Waals surface area (Å²) in [5.41, 5.74) is 5.50. The van der Waals surface area contributed by atoms with Crippen LogP contribution in [0.2, 0.25) is 5.02 Å². The number of hydrogen-bond acceptors (Lipinski definition) is 5. The van der Waals surface area contributed by atoms with Crippen molar-refractivity contribution in [3.63, 3.8) is 0 Å². The highest BCUT2D eigenvalue weighted by atomic mass is 35.5. The molecule has 0 spiro atoms. The van der Waals surface area contributed by atoms with Gasteiger partial charge in [-0.15, -0.1) is 0 Å². The Balaban J connectivity index is 2.87. The van der Waals surface area contributed by atoms with Crippen molar-refractivity contribution in [2.45, 2.75) is 4.90 Å². The molecule has 5 N–H and O–H groups in total. The third-order valence-corrected chi connectivity index (χ3v) is 4.48. The van der Waals surface area contributed by atoms with Crippen molar-refractivity contribution in [1.82, 2.24) is 4.72 Å². The Bertz CT molecular complexity index is 642. The van der Waals surface area contributed by atoms with Crippen molar-refractivity contribution in [3.05, 3.63) is 23.2 Å². The highest BCUT2D eigenvalue weighted by molar-refractivity contribution is 7.90. The molecule has 0 atom stereocenters. The van der Waals surface area contributed by atoms with Gasteiger partial charge in [0.1, 0.15) is 4.90 Å². The maximum Gasteiger partial charge on any atom is 0.242 e. The zero-order valence-corrected chi connectivity index (χ0v) is 11.5. The number of nitrogens with one attached hydrogen (secondary N) is 1. The lowest BCUT2D eigenvalue weighted by Crippen LogP contribution is -2.31. The van der Waals surface area contributed by atoms with Gasteiger partial charge in [-0.1, -0.05) is 11.6 Å². The van der Waals surface area contributed by atoms with E-state index in [0.29, 0.717) is 5.02 Å². The molecule has 0 heterocycles. The van der Waals surface area contributed by atoms with Crippen LogP contribution in [0.5, 0.6) is 0 Å². The largest absolute Gasteiger partial charge is 0.398 e. The van der Waals surface area contributed by atoms with Gasteiger partial charge in [-0.05, 0) is 18.2 Å². The molecule has 0 aliphatic carbocycles. The number of rotatable bonds is 5. The van der Waals surface area contributed by atoms with E-state index in [2.05, 4.69) is 4.72 Å². The van der Waals surface area contributed by atoms with Gasteiger partial charge in [0.05, 0.1) is 11.4 Å². The first-order chi connectivity index (χ1) is 8.12. The average Bonchev–Trinajstić information content (AvgIpc) is 2.13. The molecular weight excluding hydrogens is 302 g/mol. The Morgan fingerprint density at radius 1 is 1.22 bits per heavy atom. The van der Waals surface area contributed by atoms with Gasteiger partial charge in [0.15, 0.2) is 0 Å². The van der Waals surface area contributed by atoms with E-state index in [1.54, 1.807) is 0 Å². The summed E-state index contributed by atoms with van der Waals surface area (Å²) in [5.74, 6) is -0.500. The second kappa shape index (κ2) is 5.41. The third kappa shape index (κ3) is 4.42. The maximum atomic E-state index is 11.8. The minimum atomic E-state index is -3.88. The van der Waals surface area contributed by atoms with Crippen LogP contribution in [-0.4, -0.2) is 29.1 Å². The van der Waals surface area contributed by atoms with Crippen LogP contribution >= 0.6 is 11.6 Å². The van der Waals surface area contributed by atoms with Gasteiger partial charge < -0.3 is 5.73 Å². The van der Waals surface area contributed by atoms with E-state index in [-0.39, 0.29) is 17.1 Å². The molecule has 0 saturated heterocycles. The summed E-state index contributed by atoms with van der Waals surface area (Å²) in [7, 11) is -7.61. The number of anilines is 1. The summed E-state index contributed by atoms with van der Waals surface area (Å²) in [6.45, 7) is -0.330. The van der Waals surface area contributed by atoms with E-state index >= 15 is 0 Å². The standard InChI is InChI=1S/C8H12ClN3O4S2/c9-6-1-2-8(7(10)5-6)18(15,16)12-3-4-17(11,13)14/h1-2,5,12H,3-4,10H2,(H2,11,13,14). The van der Waals surface area contributed by atoms with E-state index in [9.17, 15) is 16.8 Å². The quantitative estimate of drug-likeness (QED) is 0.630. The molecular formula is C8H12ClN3O4S2. The zero-order chi connectivity index (χ0) is 14.0. The normalized spacial score (nSPS) is 12.6. The Kier molecular flexibility index (Phi) is 4.56. The highest BCUT2D eigenvalue weighted by Crippen LogP contribution is 2.21. The summed E-state index contributed by atoms with van der Waals surface area (Å²) in [6.07, 6.45) is 0. The minimum absolute atomic E-state index is 0.0226. The van der Waals surface area contributed by atoms with Crippen LogP contribution < -0.4 is 15.6 Å². The SMILES string of the molecule is Nc1cc(Cl)ccc1S(=O)(=O)NCCS(N)(=O)=O. The van der Waals surface area contributed by atoms with Crippen LogP contribution in [0, 0.1) is 0 Å². The lowest BCUT2D eigenvalue weighted by atomic mass is 10.3. The van der Waals surface area contributed by atoms with Gasteiger partial charge in [0.25, 0.3) is 0 Å². The molecule has 1 aromatic carbocycles. The molecule has 0 bridgehead atoms. The third-order valence-electron chi connectivity index (χ3n) is 1.94. The fourth-order valence-corrected chi connectivity index (χ4v) is 3.00. The van der Waals surface area contributed by atoms with E-state index < -0.39 is 25.8 Å². The monoisotopic (exact) mass is 313 g/mol. The van der Waals surface area contributed by atoms with Gasteiger partial charge in [0, 0.05) is 11.6 Å². The lowest BCUT2D eigenvalue weighted by molar-refractivity contribution is 0.581. The van der Waals surface area contributed by atoms with Gasteiger partial charge in [0.2, 0.25) is 20.0 Å². The molecule has 18 heavy (non-hydrogen) atoms. The first-order valence-electron chi connectivity index (χ1n) is 4.67. The van der Waals surface area contributed by atoms with Crippen LogP contribution in [-0.2, 0) is 20.0 Å². The van der Waals surface area contributed by atoms with E-state index in [4.69, 9.17) is 22.5 Å². The molecule has 0 aromatic heterocycles. The first kappa shape index (κ1) is 15.2. The Hall–Kier alpha value is -0.870. The summed E-state index contributed by atoms with van der Waals surface area (Å²) in [4.78, 5) is -0.165. The van der Waals surface area contributed by atoms with Crippen LogP contribution in [0.1, 0.15) is 0 Å². The summed E-state index contributed by atoms with van der Waals surface area (Å²) in [6, 6.07) is 3.89. The van der Waals surface area contributed by atoms with Crippen molar-refractivity contribution >= 4 is 37.3 Å². The molecule has 0 aliphatic heterocycles. The fourth-order valence-electron chi connectivity index (χ4n) is 1.16. The second-order valence-electron chi connectivity index (χ2n) is 3.45. The molecule has 0 aliphatic rings. The van der Waals surface area contributed by atoms with Gasteiger partial charge in [-0.3, -0.25) is 0 Å². The average molecular weight is 314 g/mol. The Labute approximate surface area is 110 Å². The van der Waals surface area contributed by atoms with Gasteiger partial charge in [-0.2, -0.15) is 0 Å². The van der Waals surface area contributed by atoms with E-state index in [1.807, 2.05) is 0 Å². The smallest absolute Gasteiger partial charge is 0.242 e. The van der Waals surface area contributed by atoms with Crippen molar-refractivity contribution in [1.29, 1.82) is 0 Å². The lowest BCUT2D eigenvalue weighted by Gasteiger charge is -2.08. The molecule has 0 saturated carbocycles. The van der Waals surface area contributed by atoms with Crippen molar-refractivity contribution in [2.24, 2.45) is 5.14 Å². The summed E-state index contributed by atoms with van der Waals surface area (Å²) >= 11 is 5.64. The molecule has 1 aromatic rings. The molecule has 1 rings (SSSR count). The topological polar surface area (TPSA) is 132 Å². The molecule has 7 nitrogen and oxygen atoms in total. The van der Waals surface area contributed by atoms with Crippen LogP contribution in [0.4, 0.5) is 5.69 Å². The summed E-state index contributed by atoms with van der Waals surface area (Å²) < 4.78 is 47.0. The molecule has 0 fully saturated rings. The van der Waals surface area contributed by atoms with Crippen molar-refractivity contribution in [3.8, 4) is 0 Å². The van der Waals surface area contributed by atoms with E-state index in [0.717, 1.165) is 0 Å². The number of nitrogens with two attached hydrogens (primary N) is 2. The predicted molar refractivity (Wildman–Crippen MR) is 69.0 cm³/mol. The van der Waals surface area contributed by atoms with Gasteiger partial charge >= 0.3 is 0 Å². The Morgan fingerprint density at radius 3 is 2.33 bits per heavy atom. The minimum Gasteiger partial charge on any atom is -0.398 e. The number of hydrogen-bond donors (Lipinski definition) is 3. The molecule has 102 valence electrons. The Morgan fingerprint density at radius 2 is 1.83 bits per heavy atom. The molecule has 0 unspecified atom stereocenters. The number of primary sulfonamides is 1. The van der Waals surface area contributed by atoms with E-state index in [1.165, 1.54) is 18.2 Å². The summed E-state index contributed by atoms with van der Waals surface area (Å²) in [5, 5.41) is 5.05. The van der Waals surface area contributed by atoms with Crippen LogP contribution in [0.3, 0.4) is 0 Å². The first-order valence-corrected chi connectivity index (χ1v) is 8.25. The zero-order valence-electron chi connectivity index (χ0n) is 9.13. The molecule has 10 heteroatoms. The number of halogens is 1. The van der Waals surface area contributed by atoms with Crippen molar-refractivity contribution in [2.75, 3.05) is 18.0 Å². The number of benzene rings is 1. The highest BCUT2D eigenvalue weighted by Gasteiger charge is 2.17. The van der Waals surface area contributed by atoms with Gasteiger partial charge in [-0.25, -0.2) is 26.7 Å². The predicted octanol–water partition coefficient (Wildman–Crippen LogP) is -0.511. The number of nitrogen functional groups attached to an aromatic ring is 1. The molecule has 0 radical (unpaired) electrons. The fraction of sp³-hybridized carbons (Fsp3) is 0.250. The molecule has 0 amide bonds. The second-order valence-corrected chi connectivity index (χ2v) is 7.35. The number of sulfonamides is 2. The van der Waals surface area contributed by atoms with Crippen LogP contribution in [0.25, 0.3) is 0 Å².